The van der Waals surface area contributed by atoms with Crippen molar-refractivity contribution < 1.29 is 4.79 Å². The summed E-state index contributed by atoms with van der Waals surface area (Å²) in [5.41, 5.74) is 0. The van der Waals surface area contributed by atoms with E-state index in [1.165, 1.54) is 24.2 Å². The van der Waals surface area contributed by atoms with E-state index >= 15 is 0 Å². The summed E-state index contributed by atoms with van der Waals surface area (Å²) >= 11 is 4.91. The number of halogens is 1. The molecule has 1 aromatic rings. The summed E-state index contributed by atoms with van der Waals surface area (Å²) in [5, 5.41) is 5.32. The molecule has 0 radical (unpaired) electrons. The highest BCUT2D eigenvalue weighted by molar-refractivity contribution is 9.10. The fraction of sp³-hybridized carbons (Fsp3) is 0.583. The number of nitrogens with zero attached hydrogens (tertiary/aromatic N) is 1. The van der Waals surface area contributed by atoms with Crippen LogP contribution in [0.4, 0.5) is 0 Å². The van der Waals surface area contributed by atoms with E-state index in [0.717, 1.165) is 29.0 Å². The number of carbonyl (C=O) groups excluding carboxylic acids is 1. The maximum atomic E-state index is 12.2. The first-order valence-electron chi connectivity index (χ1n) is 5.87. The minimum atomic E-state index is 0.123. The minimum absolute atomic E-state index is 0.123. The Labute approximate surface area is 114 Å². The van der Waals surface area contributed by atoms with Crippen LogP contribution in [0.5, 0.6) is 0 Å². The van der Waals surface area contributed by atoms with Crippen LogP contribution in [0.2, 0.25) is 0 Å². The summed E-state index contributed by atoms with van der Waals surface area (Å²) in [6, 6.07) is 1.92. The van der Waals surface area contributed by atoms with E-state index in [-0.39, 0.29) is 5.91 Å². The number of rotatable bonds is 3. The summed E-state index contributed by atoms with van der Waals surface area (Å²) in [5.74, 6) is 0.717. The molecule has 1 aromatic heterocycles. The number of amides is 1. The van der Waals surface area contributed by atoms with Gasteiger partial charge in [0.25, 0.3) is 5.91 Å². The number of carbonyl (C=O) groups is 1. The first-order chi connectivity index (χ1) is 8.18. The lowest BCUT2D eigenvalue weighted by atomic mass is 9.99. The predicted octanol–water partition coefficient (Wildman–Crippen LogP) is 2.58. The number of piperidine rings is 1. The van der Waals surface area contributed by atoms with Gasteiger partial charge in [0.1, 0.15) is 4.88 Å². The second kappa shape index (κ2) is 5.98. The lowest BCUT2D eigenvalue weighted by Crippen LogP contribution is -2.39. The number of hydrogen-bond acceptors (Lipinski definition) is 3. The van der Waals surface area contributed by atoms with Crippen molar-refractivity contribution in [3.63, 3.8) is 0 Å². The van der Waals surface area contributed by atoms with Gasteiger partial charge < -0.3 is 10.2 Å². The number of thiophene rings is 1. The van der Waals surface area contributed by atoms with Gasteiger partial charge in [0.05, 0.1) is 0 Å². The zero-order valence-corrected chi connectivity index (χ0v) is 12.3. The summed E-state index contributed by atoms with van der Waals surface area (Å²) < 4.78 is 0.904. The topological polar surface area (TPSA) is 32.3 Å². The Bertz CT molecular complexity index is 388. The van der Waals surface area contributed by atoms with Crippen LogP contribution in [0.15, 0.2) is 15.9 Å². The van der Waals surface area contributed by atoms with Crippen molar-refractivity contribution in [1.29, 1.82) is 0 Å². The highest BCUT2D eigenvalue weighted by Gasteiger charge is 2.20. The van der Waals surface area contributed by atoms with Crippen LogP contribution < -0.4 is 5.32 Å². The van der Waals surface area contributed by atoms with Crippen molar-refractivity contribution >= 4 is 33.2 Å². The summed E-state index contributed by atoms with van der Waals surface area (Å²) in [6.07, 6.45) is 2.44. The van der Waals surface area contributed by atoms with Crippen LogP contribution >= 0.6 is 27.3 Å². The van der Waals surface area contributed by atoms with Crippen molar-refractivity contribution in [3.05, 3.63) is 20.8 Å². The lowest BCUT2D eigenvalue weighted by molar-refractivity contribution is 0.0768. The molecule has 3 nitrogen and oxygen atoms in total. The summed E-state index contributed by atoms with van der Waals surface area (Å²) in [6.45, 7) is 2.99. The molecule has 2 heterocycles. The van der Waals surface area contributed by atoms with Gasteiger partial charge in [-0.25, -0.2) is 0 Å². The molecular weight excluding hydrogens is 300 g/mol. The van der Waals surface area contributed by atoms with Gasteiger partial charge in [-0.15, -0.1) is 11.3 Å². The van der Waals surface area contributed by atoms with Crippen molar-refractivity contribution in [2.45, 2.75) is 12.8 Å². The van der Waals surface area contributed by atoms with Gasteiger partial charge in [0.2, 0.25) is 0 Å². The Hall–Kier alpha value is -0.390. The SMILES string of the molecule is CN(CC1CCCNC1)C(=O)c1sccc1Br. The number of nitrogens with one attached hydrogen (secondary N) is 1. The molecule has 1 aliphatic rings. The molecule has 1 saturated heterocycles. The van der Waals surface area contributed by atoms with Gasteiger partial charge in [-0.3, -0.25) is 4.79 Å². The lowest BCUT2D eigenvalue weighted by Gasteiger charge is -2.27. The molecule has 2 rings (SSSR count). The Morgan fingerprint density at radius 1 is 1.71 bits per heavy atom. The second-order valence-corrected chi connectivity index (χ2v) is 6.27. The average Bonchev–Trinajstić information content (AvgIpc) is 2.76. The molecule has 1 amide bonds. The van der Waals surface area contributed by atoms with Gasteiger partial charge in [0.15, 0.2) is 0 Å². The third-order valence-electron chi connectivity index (χ3n) is 3.09. The van der Waals surface area contributed by atoms with Crippen molar-refractivity contribution in [1.82, 2.24) is 10.2 Å². The minimum Gasteiger partial charge on any atom is -0.341 e. The molecule has 0 aromatic carbocycles. The third-order valence-corrected chi connectivity index (χ3v) is 4.91. The van der Waals surface area contributed by atoms with Crippen molar-refractivity contribution in [2.75, 3.05) is 26.7 Å². The van der Waals surface area contributed by atoms with Crippen LogP contribution in [0.25, 0.3) is 0 Å². The zero-order chi connectivity index (χ0) is 12.3. The predicted molar refractivity (Wildman–Crippen MR) is 74.6 cm³/mol. The summed E-state index contributed by atoms with van der Waals surface area (Å²) in [7, 11) is 1.89. The van der Waals surface area contributed by atoms with Crippen LogP contribution in [-0.4, -0.2) is 37.5 Å². The molecule has 1 atom stereocenters. The monoisotopic (exact) mass is 316 g/mol. The Morgan fingerprint density at radius 2 is 2.53 bits per heavy atom. The molecule has 94 valence electrons. The van der Waals surface area contributed by atoms with Crippen LogP contribution in [-0.2, 0) is 0 Å². The highest BCUT2D eigenvalue weighted by Crippen LogP contribution is 2.24. The maximum Gasteiger partial charge on any atom is 0.264 e. The van der Waals surface area contributed by atoms with Crippen LogP contribution in [0.1, 0.15) is 22.5 Å². The zero-order valence-electron chi connectivity index (χ0n) is 9.91. The Morgan fingerprint density at radius 3 is 3.12 bits per heavy atom. The first kappa shape index (κ1) is 13.1. The molecular formula is C12H17BrN2OS. The van der Waals surface area contributed by atoms with E-state index in [0.29, 0.717) is 5.92 Å². The smallest absolute Gasteiger partial charge is 0.264 e. The molecule has 1 N–H and O–H groups in total. The molecule has 1 fully saturated rings. The molecule has 0 aliphatic carbocycles. The average molecular weight is 317 g/mol. The van der Waals surface area contributed by atoms with E-state index < -0.39 is 0 Å². The van der Waals surface area contributed by atoms with Crippen molar-refractivity contribution in [3.8, 4) is 0 Å². The molecule has 0 bridgehead atoms. The Balaban J connectivity index is 1.93. The van der Waals surface area contributed by atoms with Gasteiger partial charge in [-0.2, -0.15) is 0 Å². The van der Waals surface area contributed by atoms with Crippen molar-refractivity contribution in [2.24, 2.45) is 5.92 Å². The molecule has 5 heteroatoms. The fourth-order valence-corrected chi connectivity index (χ4v) is 3.70. The summed E-state index contributed by atoms with van der Waals surface area (Å²) in [4.78, 5) is 14.8. The molecule has 17 heavy (non-hydrogen) atoms. The number of hydrogen-bond donors (Lipinski definition) is 1. The van der Waals surface area contributed by atoms with Crippen LogP contribution in [0.3, 0.4) is 0 Å². The van der Waals surface area contributed by atoms with Gasteiger partial charge in [0, 0.05) is 18.1 Å². The molecule has 0 saturated carbocycles. The Kier molecular flexibility index (Phi) is 4.59. The normalized spacial score (nSPS) is 20.2. The highest BCUT2D eigenvalue weighted by atomic mass is 79.9. The van der Waals surface area contributed by atoms with E-state index in [4.69, 9.17) is 0 Å². The van der Waals surface area contributed by atoms with E-state index in [9.17, 15) is 4.79 Å². The molecule has 1 aliphatic heterocycles. The van der Waals surface area contributed by atoms with Crippen LogP contribution in [0, 0.1) is 5.92 Å². The van der Waals surface area contributed by atoms with Gasteiger partial charge in [-0.05, 0) is 59.2 Å². The quantitative estimate of drug-likeness (QED) is 0.929. The van der Waals surface area contributed by atoms with E-state index in [1.54, 1.807) is 0 Å². The standard InChI is InChI=1S/C12H17BrN2OS/c1-15(8-9-3-2-5-14-7-9)12(16)11-10(13)4-6-17-11/h4,6,9,14H,2-3,5,7-8H2,1H3. The second-order valence-electron chi connectivity index (χ2n) is 4.50. The fourth-order valence-electron chi connectivity index (χ4n) is 2.17. The van der Waals surface area contributed by atoms with E-state index in [1.807, 2.05) is 23.4 Å². The molecule has 0 spiro atoms. The van der Waals surface area contributed by atoms with Gasteiger partial charge in [-0.1, -0.05) is 0 Å². The van der Waals surface area contributed by atoms with Gasteiger partial charge >= 0.3 is 0 Å². The molecule has 1 unspecified atom stereocenters. The largest absolute Gasteiger partial charge is 0.341 e. The first-order valence-corrected chi connectivity index (χ1v) is 7.55. The van der Waals surface area contributed by atoms with E-state index in [2.05, 4.69) is 21.2 Å². The third kappa shape index (κ3) is 3.30. The maximum absolute atomic E-state index is 12.2.